The van der Waals surface area contributed by atoms with Gasteiger partial charge in [-0.1, -0.05) is 260 Å². The number of benzene rings is 2. The van der Waals surface area contributed by atoms with E-state index in [2.05, 4.69) is 92.7 Å². The van der Waals surface area contributed by atoms with Gasteiger partial charge in [-0.2, -0.15) is 0 Å². The Morgan fingerprint density at radius 2 is 0.545 bits per heavy atom. The minimum atomic E-state index is 1.02. The summed E-state index contributed by atoms with van der Waals surface area (Å²) in [6.45, 7) is 20.7. The van der Waals surface area contributed by atoms with Crippen LogP contribution in [0.2, 0.25) is 10.8 Å². The number of nitrogens with zero attached hydrogens (tertiary/aromatic N) is 2. The van der Waals surface area contributed by atoms with E-state index in [0.29, 0.717) is 0 Å². The molecule has 3 heteroatoms. The van der Waals surface area contributed by atoms with E-state index in [0.717, 1.165) is 43.5 Å². The van der Waals surface area contributed by atoms with E-state index >= 15 is 0 Å². The van der Waals surface area contributed by atoms with Crippen molar-refractivity contribution in [1.82, 2.24) is 0 Å². The fourth-order valence-electron chi connectivity index (χ4n) is 12.1. The Kier molecular flexibility index (Phi) is 46.0. The van der Waals surface area contributed by atoms with Crippen LogP contribution in [0.1, 0.15) is 370 Å². The topological polar surface area (TPSA) is 25.3 Å². The van der Waals surface area contributed by atoms with E-state index in [9.17, 15) is 5.53 Å². The summed E-state index contributed by atoms with van der Waals surface area (Å²) in [5.74, 6) is 0. The minimum absolute atomic E-state index is 1.02. The number of aryl methyl sites for hydroxylation is 4. The zero-order valence-electron chi connectivity index (χ0n) is 53.2. The van der Waals surface area contributed by atoms with E-state index < -0.39 is 0 Å². The molecule has 446 valence electrons. The van der Waals surface area contributed by atoms with Crippen LogP contribution in [0, 0.1) is 0 Å². The van der Waals surface area contributed by atoms with Crippen LogP contribution in [-0.2, 0) is 53.0 Å². The van der Waals surface area contributed by atoms with Gasteiger partial charge in [-0.05, 0) is 148 Å². The summed E-state index contributed by atoms with van der Waals surface area (Å²) in [4.78, 5) is 0. The summed E-state index contributed by atoms with van der Waals surface area (Å²) in [6.07, 6.45) is 64.0. The summed E-state index contributed by atoms with van der Waals surface area (Å²) >= 11 is 1.82. The van der Waals surface area contributed by atoms with Crippen molar-refractivity contribution in [2.24, 2.45) is 0 Å². The molecule has 1 aliphatic rings. The van der Waals surface area contributed by atoms with Crippen molar-refractivity contribution >= 4 is 11.4 Å². The third-order valence-electron chi connectivity index (χ3n) is 16.9. The van der Waals surface area contributed by atoms with Gasteiger partial charge in [0.25, 0.3) is 0 Å². The molecular formula is C74H130N2Ni. The summed E-state index contributed by atoms with van der Waals surface area (Å²) < 4.78 is 1.70. The van der Waals surface area contributed by atoms with Gasteiger partial charge in [-0.25, -0.2) is 4.70 Å². The van der Waals surface area contributed by atoms with Gasteiger partial charge < -0.3 is 5.53 Å². The van der Waals surface area contributed by atoms with Crippen molar-refractivity contribution in [2.45, 2.75) is 375 Å². The first kappa shape index (κ1) is 71.1. The van der Waals surface area contributed by atoms with Crippen LogP contribution in [0.25, 0.3) is 16.9 Å². The molecule has 0 atom stereocenters. The first-order chi connectivity index (χ1) is 37.9. The van der Waals surface area contributed by atoms with Crippen LogP contribution >= 0.6 is 0 Å². The molecule has 2 aromatic rings. The molecule has 2 aromatic carbocycles. The maximum absolute atomic E-state index is 12.9. The van der Waals surface area contributed by atoms with Crippen molar-refractivity contribution in [3.63, 3.8) is 0 Å². The third-order valence-corrected chi connectivity index (χ3v) is 17.9. The van der Waals surface area contributed by atoms with Gasteiger partial charge in [0.1, 0.15) is 0 Å². The Hall–Kier alpha value is -1.99. The summed E-state index contributed by atoms with van der Waals surface area (Å²) in [5.41, 5.74) is 28.5. The van der Waals surface area contributed by atoms with Gasteiger partial charge in [0, 0.05) is 22.8 Å². The van der Waals surface area contributed by atoms with Crippen LogP contribution in [0.3, 0.4) is 0 Å². The third kappa shape index (κ3) is 31.7. The Morgan fingerprint density at radius 1 is 0.299 bits per heavy atom. The molecule has 0 aromatic heterocycles. The first-order valence-corrected chi connectivity index (χ1v) is 36.0. The molecule has 0 fully saturated rings. The molecule has 0 amide bonds. The zero-order chi connectivity index (χ0) is 55.8. The molecule has 2 nitrogen and oxygen atoms in total. The molecule has 1 heterocycles. The van der Waals surface area contributed by atoms with E-state index in [1.54, 1.807) is 38.1 Å². The molecule has 77 heavy (non-hydrogen) atoms. The quantitative estimate of drug-likeness (QED) is 0.0358. The number of rotatable bonds is 51. The molecule has 0 radical (unpaired) electrons. The van der Waals surface area contributed by atoms with E-state index in [1.165, 1.54) is 297 Å². The summed E-state index contributed by atoms with van der Waals surface area (Å²) in [7, 11) is 0. The van der Waals surface area contributed by atoms with E-state index in [4.69, 9.17) is 0 Å². The second kappa shape index (κ2) is 49.8. The molecule has 1 aliphatic heterocycles. The molecule has 0 aliphatic carbocycles. The molecule has 0 spiro atoms. The molecule has 3 rings (SSSR count). The van der Waals surface area contributed by atoms with Crippen LogP contribution < -0.4 is 0 Å². The fraction of sp³-hybridized carbons (Fsp3) is 0.784. The fourth-order valence-corrected chi connectivity index (χ4v) is 12.6. The SMILES string of the molecule is CCCCCCCCCCCCCCCCCCC1=C(c2cc(CCCCC)c(CCCCCCCC)c(CCCCC)c2)[N+](=[N-])C(c2cc(CCCCC)c(CCCCCCCC)c(CCCCC)c2)=C1.C[CH2][Ni][CH2]C. The Bertz CT molecular complexity index is 1730. The normalized spacial score (nSPS) is 12.6. The van der Waals surface area contributed by atoms with Crippen molar-refractivity contribution < 1.29 is 19.1 Å². The monoisotopic (exact) mass is 1100 g/mol. The van der Waals surface area contributed by atoms with Gasteiger partial charge in [0.2, 0.25) is 11.4 Å². The molecule has 0 unspecified atom stereocenters. The Morgan fingerprint density at radius 3 is 0.831 bits per heavy atom. The summed E-state index contributed by atoms with van der Waals surface area (Å²) in [6, 6.07) is 10.2. The number of hydrogen-bond acceptors (Lipinski definition) is 0. The second-order valence-electron chi connectivity index (χ2n) is 23.8. The average Bonchev–Trinajstić information content (AvgIpc) is 3.80. The molecule has 0 saturated carbocycles. The van der Waals surface area contributed by atoms with E-state index in [1.807, 2.05) is 14.4 Å². The van der Waals surface area contributed by atoms with Gasteiger partial charge in [0.15, 0.2) is 0 Å². The van der Waals surface area contributed by atoms with Gasteiger partial charge in [0.05, 0.1) is 0 Å². The Balaban J connectivity index is 0.00000386. The molecule has 0 bridgehead atoms. The van der Waals surface area contributed by atoms with Crippen molar-refractivity contribution in [3.05, 3.63) is 86.0 Å². The zero-order valence-corrected chi connectivity index (χ0v) is 54.2. The summed E-state index contributed by atoms with van der Waals surface area (Å²) in [5, 5.41) is 2.56. The van der Waals surface area contributed by atoms with Gasteiger partial charge in [-0.15, -0.1) is 0 Å². The Labute approximate surface area is 488 Å². The van der Waals surface area contributed by atoms with Crippen LogP contribution in [0.15, 0.2) is 35.9 Å². The first-order valence-electron chi connectivity index (χ1n) is 34.6. The van der Waals surface area contributed by atoms with Gasteiger partial charge >= 0.3 is 39.1 Å². The van der Waals surface area contributed by atoms with Crippen LogP contribution in [0.5, 0.6) is 0 Å². The van der Waals surface area contributed by atoms with Crippen molar-refractivity contribution in [3.8, 4) is 0 Å². The predicted molar refractivity (Wildman–Crippen MR) is 344 cm³/mol. The van der Waals surface area contributed by atoms with Crippen molar-refractivity contribution in [1.29, 1.82) is 0 Å². The molecule has 0 N–H and O–H groups in total. The van der Waals surface area contributed by atoms with Gasteiger partial charge in [-0.3, -0.25) is 0 Å². The van der Waals surface area contributed by atoms with Crippen LogP contribution in [0.4, 0.5) is 0 Å². The van der Waals surface area contributed by atoms with Crippen LogP contribution in [-0.4, -0.2) is 4.70 Å². The van der Waals surface area contributed by atoms with E-state index in [-0.39, 0.29) is 0 Å². The molecular weight excluding hydrogens is 976 g/mol. The van der Waals surface area contributed by atoms with Crippen molar-refractivity contribution in [2.75, 3.05) is 0 Å². The number of hydrogen-bond donors (Lipinski definition) is 0. The second-order valence-corrected chi connectivity index (χ2v) is 25.7. The number of unbranched alkanes of at least 4 members (excludes halogenated alkanes) is 33. The average molecular weight is 1110 g/mol. The molecule has 0 saturated heterocycles. The standard InChI is InChI=1S/C70H120N2.2C2H5.Ni/c1-8-15-22-25-28-29-30-31-32-33-34-35-36-37-38-45-52-64-59-69(65-55-60(48-41-18-11-4)67(53-46-39-26-23-16-9-2)61(56-65)49-42-19-12-5)72(71)70(64)66-57-62(50-43-20-13-6)68(54-47-40-27-24-17-10-3)63(58-66)51-44-21-14-7;2*1-2;/h55-59H,8-54H2,1-7H3;2*1H2,2H3;. The maximum atomic E-state index is 12.9. The number of allylic oxidation sites excluding steroid dienone is 2. The predicted octanol–water partition coefficient (Wildman–Crippen LogP) is 25.8.